The third-order valence-corrected chi connectivity index (χ3v) is 3.82. The molecule has 120 valence electrons. The molecule has 0 bridgehead atoms. The first kappa shape index (κ1) is 17.5. The molecule has 0 aliphatic rings. The van der Waals surface area contributed by atoms with Crippen LogP contribution in [0.15, 0.2) is 46.9 Å². The molecule has 0 N–H and O–H groups in total. The number of ketones is 1. The lowest BCUT2D eigenvalue weighted by molar-refractivity contribution is -0.141. The molecule has 0 heterocycles. The molecule has 0 saturated carbocycles. The molecule has 4 nitrogen and oxygen atoms in total. The van der Waals surface area contributed by atoms with Gasteiger partial charge in [0.15, 0.2) is 12.4 Å². The van der Waals surface area contributed by atoms with Gasteiger partial charge in [0.2, 0.25) is 0 Å². The molecule has 0 fully saturated rings. The average Bonchev–Trinajstić information content (AvgIpc) is 2.53. The topological polar surface area (TPSA) is 52.6 Å². The SMILES string of the molecule is COc1ccc(Cl)cc1CC(=O)OCC(=O)c1cccc(Br)c1. The molecule has 6 heteroatoms. The van der Waals surface area contributed by atoms with Crippen molar-refractivity contribution in [2.75, 3.05) is 13.7 Å². The fraction of sp³-hybridized carbons (Fsp3) is 0.176. The molecule has 2 aromatic carbocycles. The summed E-state index contributed by atoms with van der Waals surface area (Å²) in [6, 6.07) is 11.9. The van der Waals surface area contributed by atoms with E-state index in [1.165, 1.54) is 7.11 Å². The van der Waals surface area contributed by atoms with Crippen molar-refractivity contribution in [3.05, 3.63) is 63.1 Å². The lowest BCUT2D eigenvalue weighted by Crippen LogP contribution is -2.16. The maximum atomic E-state index is 12.0. The number of hydrogen-bond donors (Lipinski definition) is 0. The Morgan fingerprint density at radius 2 is 1.96 bits per heavy atom. The third kappa shape index (κ3) is 5.08. The Balaban J connectivity index is 1.95. The van der Waals surface area contributed by atoms with E-state index in [1.54, 1.807) is 36.4 Å². The summed E-state index contributed by atoms with van der Waals surface area (Å²) in [5, 5.41) is 0.499. The van der Waals surface area contributed by atoms with Crippen molar-refractivity contribution >= 4 is 39.3 Å². The van der Waals surface area contributed by atoms with E-state index in [9.17, 15) is 9.59 Å². The summed E-state index contributed by atoms with van der Waals surface area (Å²) in [6.45, 7) is -0.307. The summed E-state index contributed by atoms with van der Waals surface area (Å²) in [6.07, 6.45) is -0.0184. The molecule has 0 aliphatic carbocycles. The van der Waals surface area contributed by atoms with Crippen LogP contribution in [0.1, 0.15) is 15.9 Å². The van der Waals surface area contributed by atoms with Crippen LogP contribution in [0.5, 0.6) is 5.75 Å². The minimum Gasteiger partial charge on any atom is -0.496 e. The third-order valence-electron chi connectivity index (χ3n) is 3.09. The standard InChI is InChI=1S/C17H14BrClO4/c1-22-16-6-5-14(19)8-12(16)9-17(21)23-10-15(20)11-3-2-4-13(18)7-11/h2-8H,9-10H2,1H3. The van der Waals surface area contributed by atoms with Crippen LogP contribution < -0.4 is 4.74 Å². The highest BCUT2D eigenvalue weighted by molar-refractivity contribution is 9.10. The number of methoxy groups -OCH3 is 1. The highest BCUT2D eigenvalue weighted by atomic mass is 79.9. The first-order chi connectivity index (χ1) is 11.0. The summed E-state index contributed by atoms with van der Waals surface area (Å²) < 4.78 is 11.0. The highest BCUT2D eigenvalue weighted by Gasteiger charge is 2.13. The van der Waals surface area contributed by atoms with E-state index in [0.717, 1.165) is 4.47 Å². The van der Waals surface area contributed by atoms with Gasteiger partial charge < -0.3 is 9.47 Å². The molecule has 0 aliphatic heterocycles. The van der Waals surface area contributed by atoms with Crippen LogP contribution in [0.3, 0.4) is 0 Å². The normalized spacial score (nSPS) is 10.2. The van der Waals surface area contributed by atoms with Crippen LogP contribution in [-0.2, 0) is 16.0 Å². The van der Waals surface area contributed by atoms with Crippen molar-refractivity contribution in [2.45, 2.75) is 6.42 Å². The van der Waals surface area contributed by atoms with Crippen molar-refractivity contribution in [2.24, 2.45) is 0 Å². The zero-order valence-corrected chi connectivity index (χ0v) is 14.7. The number of halogens is 2. The number of benzene rings is 2. The minimum absolute atomic E-state index is 0.0184. The molecule has 0 unspecified atom stereocenters. The Bertz CT molecular complexity index is 730. The number of ether oxygens (including phenoxy) is 2. The molecule has 23 heavy (non-hydrogen) atoms. The Kier molecular flexibility index (Phi) is 6.19. The number of carbonyl (C=O) groups excluding carboxylic acids is 2. The number of carbonyl (C=O) groups is 2. The van der Waals surface area contributed by atoms with Crippen molar-refractivity contribution in [1.82, 2.24) is 0 Å². The van der Waals surface area contributed by atoms with Gasteiger partial charge in [-0.25, -0.2) is 0 Å². The second-order valence-electron chi connectivity index (χ2n) is 4.73. The number of esters is 1. The van der Waals surface area contributed by atoms with Crippen molar-refractivity contribution in [1.29, 1.82) is 0 Å². The van der Waals surface area contributed by atoms with Gasteiger partial charge in [0, 0.05) is 20.6 Å². The molecule has 0 aromatic heterocycles. The van der Waals surface area contributed by atoms with E-state index in [-0.39, 0.29) is 18.8 Å². The zero-order chi connectivity index (χ0) is 16.8. The molecule has 0 spiro atoms. The maximum Gasteiger partial charge on any atom is 0.310 e. The molecule has 2 rings (SSSR count). The number of hydrogen-bond acceptors (Lipinski definition) is 4. The van der Waals surface area contributed by atoms with Crippen molar-refractivity contribution in [3.8, 4) is 5.75 Å². The molecule has 0 radical (unpaired) electrons. The van der Waals surface area contributed by atoms with Gasteiger partial charge in [-0.2, -0.15) is 0 Å². The van der Waals surface area contributed by atoms with Gasteiger partial charge in [-0.3, -0.25) is 9.59 Å². The Morgan fingerprint density at radius 3 is 2.65 bits per heavy atom. The highest BCUT2D eigenvalue weighted by Crippen LogP contribution is 2.23. The van der Waals surface area contributed by atoms with Crippen molar-refractivity contribution in [3.63, 3.8) is 0 Å². The summed E-state index contributed by atoms with van der Waals surface area (Å²) in [7, 11) is 1.51. The van der Waals surface area contributed by atoms with Crippen LogP contribution in [0.25, 0.3) is 0 Å². The Hall–Kier alpha value is -1.85. The maximum absolute atomic E-state index is 12.0. The molecule has 0 atom stereocenters. The smallest absolute Gasteiger partial charge is 0.310 e. The van der Waals surface area contributed by atoms with Gasteiger partial charge in [-0.15, -0.1) is 0 Å². The fourth-order valence-electron chi connectivity index (χ4n) is 1.98. The molecule has 0 saturated heterocycles. The van der Waals surface area contributed by atoms with Crippen LogP contribution >= 0.6 is 27.5 Å². The lowest BCUT2D eigenvalue weighted by Gasteiger charge is -2.09. The molecule has 2 aromatic rings. The van der Waals surface area contributed by atoms with Gasteiger partial charge in [0.05, 0.1) is 13.5 Å². The summed E-state index contributed by atoms with van der Waals surface area (Å²) in [5.41, 5.74) is 1.09. The van der Waals surface area contributed by atoms with Crippen LogP contribution in [0, 0.1) is 0 Å². The van der Waals surface area contributed by atoms with Gasteiger partial charge in [-0.05, 0) is 30.3 Å². The second kappa shape index (κ2) is 8.13. The van der Waals surface area contributed by atoms with Crippen LogP contribution in [0.2, 0.25) is 5.02 Å². The molecular weight excluding hydrogens is 384 g/mol. The summed E-state index contributed by atoms with van der Waals surface area (Å²) >= 11 is 9.20. The van der Waals surface area contributed by atoms with Gasteiger partial charge >= 0.3 is 5.97 Å². The number of rotatable bonds is 6. The fourth-order valence-corrected chi connectivity index (χ4v) is 2.58. The predicted molar refractivity (Wildman–Crippen MR) is 91.1 cm³/mol. The first-order valence-corrected chi connectivity index (χ1v) is 7.93. The van der Waals surface area contributed by atoms with Crippen molar-refractivity contribution < 1.29 is 19.1 Å². The quantitative estimate of drug-likeness (QED) is 0.544. The second-order valence-corrected chi connectivity index (χ2v) is 6.08. The van der Waals surface area contributed by atoms with Gasteiger partial charge in [0.25, 0.3) is 0 Å². The Labute approximate surface area is 147 Å². The monoisotopic (exact) mass is 396 g/mol. The minimum atomic E-state index is -0.520. The van der Waals surface area contributed by atoms with E-state index < -0.39 is 5.97 Å². The van der Waals surface area contributed by atoms with E-state index in [0.29, 0.717) is 21.9 Å². The lowest BCUT2D eigenvalue weighted by atomic mass is 10.1. The van der Waals surface area contributed by atoms with E-state index in [4.69, 9.17) is 21.1 Å². The number of Topliss-reactive ketones (excluding diaryl/α,β-unsaturated/α-hetero) is 1. The van der Waals surface area contributed by atoms with Crippen LogP contribution in [0.4, 0.5) is 0 Å². The zero-order valence-electron chi connectivity index (χ0n) is 12.3. The molecule has 0 amide bonds. The Morgan fingerprint density at radius 1 is 1.17 bits per heavy atom. The van der Waals surface area contributed by atoms with Gasteiger partial charge in [0.1, 0.15) is 5.75 Å². The largest absolute Gasteiger partial charge is 0.496 e. The van der Waals surface area contributed by atoms with E-state index >= 15 is 0 Å². The average molecular weight is 398 g/mol. The predicted octanol–water partition coefficient (Wildman–Crippen LogP) is 4.08. The molecular formula is C17H14BrClO4. The van der Waals surface area contributed by atoms with E-state index in [1.807, 2.05) is 6.07 Å². The first-order valence-electron chi connectivity index (χ1n) is 6.76. The summed E-state index contributed by atoms with van der Waals surface area (Å²) in [4.78, 5) is 23.9. The van der Waals surface area contributed by atoms with Crippen LogP contribution in [-0.4, -0.2) is 25.5 Å². The van der Waals surface area contributed by atoms with Gasteiger partial charge in [-0.1, -0.05) is 39.7 Å². The summed E-state index contributed by atoms with van der Waals surface area (Å²) in [5.74, 6) is -0.240. The van der Waals surface area contributed by atoms with E-state index in [2.05, 4.69) is 15.9 Å².